The lowest BCUT2D eigenvalue weighted by atomic mass is 9.95. The van der Waals surface area contributed by atoms with Gasteiger partial charge in [-0.3, -0.25) is 14.2 Å². The Morgan fingerprint density at radius 2 is 1.80 bits per heavy atom. The zero-order valence-electron chi connectivity index (χ0n) is 23.4. The maximum absolute atomic E-state index is 13.9. The van der Waals surface area contributed by atoms with Gasteiger partial charge in [0.25, 0.3) is 5.56 Å². The normalized spacial score (nSPS) is 14.6. The molecule has 214 valence electrons. The van der Waals surface area contributed by atoms with E-state index in [4.69, 9.17) is 23.7 Å². The second-order valence-corrected chi connectivity index (χ2v) is 9.83. The Labute approximate surface area is 240 Å². The lowest BCUT2D eigenvalue weighted by Crippen LogP contribution is -2.40. The molecule has 0 fully saturated rings. The standard InChI is InChI=1S/C30H30N2O8S/c1-7-13-39-29(35)26-17(3)31-30-32(27(26)20-10-12-21(36-5)23(16-20)37-6)28(34)25(41-30)15-19-9-11-22(40-18(4)33)24(14-19)38-8-2/h7,9-12,14-16,27H,1,8,13H2,2-6H3/b25-15-. The predicted molar refractivity (Wildman–Crippen MR) is 153 cm³/mol. The summed E-state index contributed by atoms with van der Waals surface area (Å²) in [5.74, 6) is 0.516. The van der Waals surface area contributed by atoms with Crippen molar-refractivity contribution >= 4 is 29.4 Å². The van der Waals surface area contributed by atoms with Crippen molar-refractivity contribution in [3.8, 4) is 23.0 Å². The van der Waals surface area contributed by atoms with Crippen LogP contribution in [0.25, 0.3) is 6.08 Å². The number of hydrogen-bond acceptors (Lipinski definition) is 10. The molecule has 0 amide bonds. The lowest BCUT2D eigenvalue weighted by molar-refractivity contribution is -0.138. The Morgan fingerprint density at radius 1 is 1.07 bits per heavy atom. The van der Waals surface area contributed by atoms with Gasteiger partial charge in [0.15, 0.2) is 27.8 Å². The van der Waals surface area contributed by atoms with Crippen LogP contribution in [0.15, 0.2) is 70.1 Å². The minimum absolute atomic E-state index is 0.00416. The van der Waals surface area contributed by atoms with Crippen molar-refractivity contribution in [1.29, 1.82) is 0 Å². The monoisotopic (exact) mass is 578 g/mol. The van der Waals surface area contributed by atoms with Crippen molar-refractivity contribution in [3.05, 3.63) is 91.1 Å². The van der Waals surface area contributed by atoms with Crippen molar-refractivity contribution in [3.63, 3.8) is 0 Å². The number of carbonyl (C=O) groups excluding carboxylic acids is 2. The highest BCUT2D eigenvalue weighted by Gasteiger charge is 2.34. The van der Waals surface area contributed by atoms with E-state index in [2.05, 4.69) is 11.6 Å². The highest BCUT2D eigenvalue weighted by atomic mass is 32.1. The van der Waals surface area contributed by atoms with E-state index in [1.165, 1.54) is 43.1 Å². The predicted octanol–water partition coefficient (Wildman–Crippen LogP) is 3.31. The highest BCUT2D eigenvalue weighted by Crippen LogP contribution is 2.36. The van der Waals surface area contributed by atoms with Crippen molar-refractivity contribution in [2.24, 2.45) is 4.99 Å². The summed E-state index contributed by atoms with van der Waals surface area (Å²) < 4.78 is 29.0. The van der Waals surface area contributed by atoms with Crippen LogP contribution >= 0.6 is 11.3 Å². The number of hydrogen-bond donors (Lipinski definition) is 0. The Kier molecular flexibility index (Phi) is 9.08. The molecule has 1 aromatic heterocycles. The number of rotatable bonds is 10. The molecule has 1 aliphatic heterocycles. The zero-order chi connectivity index (χ0) is 29.7. The molecule has 0 saturated carbocycles. The molecule has 4 rings (SSSR count). The Hall–Kier alpha value is -4.64. The van der Waals surface area contributed by atoms with Crippen LogP contribution in [0, 0.1) is 0 Å². The van der Waals surface area contributed by atoms with E-state index >= 15 is 0 Å². The van der Waals surface area contributed by atoms with E-state index in [0.717, 1.165) is 0 Å². The number of fused-ring (bicyclic) bond motifs is 1. The zero-order valence-corrected chi connectivity index (χ0v) is 24.2. The van der Waals surface area contributed by atoms with Crippen LogP contribution < -0.4 is 33.8 Å². The van der Waals surface area contributed by atoms with E-state index in [0.29, 0.717) is 50.0 Å². The molecule has 0 spiro atoms. The molecule has 0 saturated heterocycles. The van der Waals surface area contributed by atoms with Gasteiger partial charge in [-0.05, 0) is 55.3 Å². The molecule has 41 heavy (non-hydrogen) atoms. The van der Waals surface area contributed by atoms with Gasteiger partial charge in [0.2, 0.25) is 0 Å². The molecule has 0 N–H and O–H groups in total. The summed E-state index contributed by atoms with van der Waals surface area (Å²) in [5.41, 5.74) is 1.56. The first kappa shape index (κ1) is 29.3. The second-order valence-electron chi connectivity index (χ2n) is 8.82. The number of nitrogens with zero attached hydrogens (tertiary/aromatic N) is 2. The molecule has 11 heteroatoms. The molecule has 0 bridgehead atoms. The number of benzene rings is 2. The first-order chi connectivity index (χ1) is 19.7. The van der Waals surface area contributed by atoms with Crippen LogP contribution in [-0.2, 0) is 14.3 Å². The molecule has 0 radical (unpaired) electrons. The van der Waals surface area contributed by atoms with Gasteiger partial charge in [-0.1, -0.05) is 36.1 Å². The lowest BCUT2D eigenvalue weighted by Gasteiger charge is -2.25. The fourth-order valence-electron chi connectivity index (χ4n) is 4.41. The minimum atomic E-state index is -0.837. The molecule has 0 aliphatic carbocycles. The summed E-state index contributed by atoms with van der Waals surface area (Å²) >= 11 is 1.19. The van der Waals surface area contributed by atoms with Gasteiger partial charge in [-0.25, -0.2) is 9.79 Å². The summed E-state index contributed by atoms with van der Waals surface area (Å²) in [5, 5.41) is 0. The summed E-state index contributed by atoms with van der Waals surface area (Å²) in [6.07, 6.45) is 3.17. The summed E-state index contributed by atoms with van der Waals surface area (Å²) in [6, 6.07) is 9.39. The van der Waals surface area contributed by atoms with E-state index in [-0.39, 0.29) is 23.5 Å². The third-order valence-electron chi connectivity index (χ3n) is 6.12. The van der Waals surface area contributed by atoms with Gasteiger partial charge in [-0.2, -0.15) is 0 Å². The van der Waals surface area contributed by atoms with Gasteiger partial charge >= 0.3 is 11.9 Å². The van der Waals surface area contributed by atoms with Gasteiger partial charge in [0, 0.05) is 6.92 Å². The molecule has 1 aliphatic rings. The molecular weight excluding hydrogens is 548 g/mol. The molecular formula is C30H30N2O8S. The van der Waals surface area contributed by atoms with Gasteiger partial charge in [0.1, 0.15) is 6.61 Å². The van der Waals surface area contributed by atoms with Gasteiger partial charge in [-0.15, -0.1) is 0 Å². The Balaban J connectivity index is 1.91. The first-order valence-corrected chi connectivity index (χ1v) is 13.5. The fraction of sp³-hybridized carbons (Fsp3) is 0.267. The van der Waals surface area contributed by atoms with Gasteiger partial charge < -0.3 is 23.7 Å². The van der Waals surface area contributed by atoms with E-state index in [1.807, 2.05) is 6.92 Å². The van der Waals surface area contributed by atoms with Crippen molar-refractivity contribution in [1.82, 2.24) is 4.57 Å². The maximum Gasteiger partial charge on any atom is 0.338 e. The Bertz CT molecular complexity index is 1720. The number of allylic oxidation sites excluding steroid dienone is 1. The van der Waals surface area contributed by atoms with Gasteiger partial charge in [0.05, 0.1) is 42.7 Å². The van der Waals surface area contributed by atoms with Crippen LogP contribution in [0.1, 0.15) is 37.9 Å². The third-order valence-corrected chi connectivity index (χ3v) is 7.10. The van der Waals surface area contributed by atoms with Crippen LogP contribution in [0.5, 0.6) is 23.0 Å². The number of esters is 2. The van der Waals surface area contributed by atoms with Crippen LogP contribution in [0.3, 0.4) is 0 Å². The Morgan fingerprint density at radius 3 is 2.46 bits per heavy atom. The number of carbonyl (C=O) groups is 2. The summed E-state index contributed by atoms with van der Waals surface area (Å²) in [7, 11) is 3.04. The number of thiazole rings is 1. The average Bonchev–Trinajstić information content (AvgIpc) is 3.25. The molecule has 1 unspecified atom stereocenters. The van der Waals surface area contributed by atoms with Crippen LogP contribution in [0.2, 0.25) is 0 Å². The molecule has 2 heterocycles. The quantitative estimate of drug-likeness (QED) is 0.205. The van der Waals surface area contributed by atoms with E-state index in [9.17, 15) is 14.4 Å². The van der Waals surface area contributed by atoms with Crippen molar-refractivity contribution < 1.29 is 33.3 Å². The molecule has 2 aromatic carbocycles. The van der Waals surface area contributed by atoms with Crippen LogP contribution in [-0.4, -0.2) is 43.9 Å². The summed E-state index contributed by atoms with van der Waals surface area (Å²) in [4.78, 5) is 43.7. The molecule has 3 aromatic rings. The molecule has 1 atom stereocenters. The number of aromatic nitrogens is 1. The fourth-order valence-corrected chi connectivity index (χ4v) is 5.45. The number of methoxy groups -OCH3 is 2. The van der Waals surface area contributed by atoms with E-state index < -0.39 is 18.0 Å². The topological polar surface area (TPSA) is 115 Å². The van der Waals surface area contributed by atoms with Crippen LogP contribution in [0.4, 0.5) is 0 Å². The second kappa shape index (κ2) is 12.7. The smallest absolute Gasteiger partial charge is 0.338 e. The third kappa shape index (κ3) is 6.09. The largest absolute Gasteiger partial charge is 0.493 e. The van der Waals surface area contributed by atoms with E-state index in [1.54, 1.807) is 49.4 Å². The van der Waals surface area contributed by atoms with Crippen molar-refractivity contribution in [2.75, 3.05) is 27.4 Å². The van der Waals surface area contributed by atoms with Crippen molar-refractivity contribution in [2.45, 2.75) is 26.8 Å². The minimum Gasteiger partial charge on any atom is -0.493 e. The molecule has 10 nitrogen and oxygen atoms in total. The average molecular weight is 579 g/mol. The summed E-state index contributed by atoms with van der Waals surface area (Å²) in [6.45, 7) is 8.80. The first-order valence-electron chi connectivity index (χ1n) is 12.7. The highest BCUT2D eigenvalue weighted by molar-refractivity contribution is 7.07. The maximum atomic E-state index is 13.9. The SMILES string of the molecule is C=CCOC(=O)C1=C(C)N=c2s/c(=C\c3ccc(OC(C)=O)c(OCC)c3)c(=O)n2C1c1ccc(OC)c(OC)c1. The number of ether oxygens (including phenoxy) is 5.